The summed E-state index contributed by atoms with van der Waals surface area (Å²) in [5, 5.41) is 3.73. The summed E-state index contributed by atoms with van der Waals surface area (Å²) in [7, 11) is 0. The molecule has 2 aliphatic rings. The van der Waals surface area contributed by atoms with Gasteiger partial charge in [0.25, 0.3) is 5.56 Å². The molecule has 2 aromatic heterocycles. The number of rotatable bonds is 8. The Morgan fingerprint density at radius 2 is 1.97 bits per heavy atom. The fraction of sp³-hybridized carbons (Fsp3) is 0.458. The predicted molar refractivity (Wildman–Crippen MR) is 133 cm³/mol. The number of nitrogens with one attached hydrogen (secondary N) is 2. The summed E-state index contributed by atoms with van der Waals surface area (Å²) in [6.07, 6.45) is 6.85. The highest BCUT2D eigenvalue weighted by Crippen LogP contribution is 2.34. The number of nitrogens with zero attached hydrogens (tertiary/aromatic N) is 2. The molecule has 0 radical (unpaired) electrons. The number of aromatic amines is 1. The van der Waals surface area contributed by atoms with E-state index in [0.29, 0.717) is 17.3 Å². The van der Waals surface area contributed by atoms with Gasteiger partial charge in [-0.3, -0.25) is 9.59 Å². The molecule has 3 aromatic rings. The summed E-state index contributed by atoms with van der Waals surface area (Å²) in [6.45, 7) is 3.55. The molecule has 1 aromatic carbocycles. The van der Waals surface area contributed by atoms with Crippen molar-refractivity contribution in [2.45, 2.75) is 44.3 Å². The number of hydrogen-bond donors (Lipinski definition) is 2. The van der Waals surface area contributed by atoms with Gasteiger partial charge in [-0.1, -0.05) is 12.1 Å². The van der Waals surface area contributed by atoms with Crippen molar-refractivity contribution >= 4 is 44.9 Å². The van der Waals surface area contributed by atoms with Gasteiger partial charge in [0.2, 0.25) is 5.91 Å². The molecule has 0 spiro atoms. The van der Waals surface area contributed by atoms with Crippen LogP contribution in [0.3, 0.4) is 0 Å². The lowest BCUT2D eigenvalue weighted by Gasteiger charge is -2.14. The van der Waals surface area contributed by atoms with Gasteiger partial charge in [-0.05, 0) is 74.9 Å². The number of aryl methyl sites for hydroxylation is 2. The Bertz CT molecular complexity index is 1160. The van der Waals surface area contributed by atoms with E-state index < -0.39 is 0 Å². The highest BCUT2D eigenvalue weighted by Gasteiger charge is 2.21. The van der Waals surface area contributed by atoms with Crippen molar-refractivity contribution in [2.75, 3.05) is 30.7 Å². The van der Waals surface area contributed by atoms with Gasteiger partial charge in [0.15, 0.2) is 0 Å². The average Bonchev–Trinajstić information content (AvgIpc) is 3.51. The van der Waals surface area contributed by atoms with Gasteiger partial charge in [0, 0.05) is 17.1 Å². The molecule has 1 fully saturated rings. The van der Waals surface area contributed by atoms with Crippen LogP contribution >= 0.6 is 23.1 Å². The standard InChI is InChI=1S/C24H28N4O2S2/c29-21(25-17-8-6-16(7-9-17)10-13-28-11-1-2-12-28)15-31-14-20-26-23(30)22-18-4-3-5-19(18)32-24(22)27-20/h6-9H,1-5,10-15H2,(H,25,29)(H,26,27,30). The molecule has 1 aliphatic heterocycles. The average molecular weight is 469 g/mol. The molecule has 0 atom stereocenters. The van der Waals surface area contributed by atoms with E-state index in [1.165, 1.54) is 53.7 Å². The minimum atomic E-state index is -0.0432. The highest BCUT2D eigenvalue weighted by molar-refractivity contribution is 7.99. The van der Waals surface area contributed by atoms with Crippen LogP contribution in [-0.2, 0) is 29.8 Å². The van der Waals surface area contributed by atoms with Gasteiger partial charge in [-0.15, -0.1) is 23.1 Å². The normalized spacial score (nSPS) is 16.0. The maximum atomic E-state index is 12.5. The van der Waals surface area contributed by atoms with E-state index in [2.05, 4.69) is 32.3 Å². The van der Waals surface area contributed by atoms with Gasteiger partial charge in [0.05, 0.1) is 16.9 Å². The summed E-state index contributed by atoms with van der Waals surface area (Å²) in [4.78, 5) is 37.1. The molecule has 5 rings (SSSR count). The molecule has 1 saturated heterocycles. The second-order valence-corrected chi connectivity index (χ2v) is 10.7. The zero-order chi connectivity index (χ0) is 21.9. The number of aromatic nitrogens is 2. The van der Waals surface area contributed by atoms with Crippen LogP contribution in [0.2, 0.25) is 0 Å². The molecule has 1 amide bonds. The molecular weight excluding hydrogens is 440 g/mol. The van der Waals surface area contributed by atoms with Crippen LogP contribution in [0.5, 0.6) is 0 Å². The SMILES string of the molecule is O=C(CSCc1nc2sc3c(c2c(=O)[nH]1)CCC3)Nc1ccc(CCN2CCCC2)cc1. The minimum Gasteiger partial charge on any atom is -0.325 e. The lowest BCUT2D eigenvalue weighted by molar-refractivity contribution is -0.113. The van der Waals surface area contributed by atoms with Gasteiger partial charge in [0.1, 0.15) is 10.7 Å². The summed E-state index contributed by atoms with van der Waals surface area (Å²) in [6, 6.07) is 8.15. The number of likely N-dealkylation sites (tertiary alicyclic amines) is 1. The van der Waals surface area contributed by atoms with E-state index in [4.69, 9.17) is 0 Å². The molecule has 32 heavy (non-hydrogen) atoms. The summed E-state index contributed by atoms with van der Waals surface area (Å²) < 4.78 is 0. The quantitative estimate of drug-likeness (QED) is 0.523. The van der Waals surface area contributed by atoms with Crippen LogP contribution in [0.15, 0.2) is 29.1 Å². The number of amides is 1. The maximum absolute atomic E-state index is 12.5. The fourth-order valence-corrected chi connectivity index (χ4v) is 6.57. The van der Waals surface area contributed by atoms with Gasteiger partial charge >= 0.3 is 0 Å². The number of thioether (sulfide) groups is 1. The summed E-state index contributed by atoms with van der Waals surface area (Å²) >= 11 is 3.11. The van der Waals surface area contributed by atoms with Crippen molar-refractivity contribution < 1.29 is 4.79 Å². The molecule has 168 valence electrons. The number of thiophene rings is 1. The zero-order valence-corrected chi connectivity index (χ0v) is 19.7. The fourth-order valence-electron chi connectivity index (χ4n) is 4.60. The van der Waals surface area contributed by atoms with Gasteiger partial charge in [-0.2, -0.15) is 0 Å². The third-order valence-corrected chi connectivity index (χ3v) is 8.38. The van der Waals surface area contributed by atoms with E-state index in [1.807, 2.05) is 12.1 Å². The first kappa shape index (κ1) is 21.7. The van der Waals surface area contributed by atoms with E-state index in [9.17, 15) is 9.59 Å². The minimum absolute atomic E-state index is 0.0423. The molecule has 1 aliphatic carbocycles. The molecule has 6 nitrogen and oxygen atoms in total. The topological polar surface area (TPSA) is 78.1 Å². The first-order valence-corrected chi connectivity index (χ1v) is 13.4. The van der Waals surface area contributed by atoms with Crippen LogP contribution in [0.4, 0.5) is 5.69 Å². The van der Waals surface area contributed by atoms with Crippen molar-refractivity contribution in [2.24, 2.45) is 0 Å². The van der Waals surface area contributed by atoms with E-state index in [-0.39, 0.29) is 11.5 Å². The van der Waals surface area contributed by atoms with Gasteiger partial charge in [-0.25, -0.2) is 4.98 Å². The second kappa shape index (κ2) is 9.77. The number of H-pyrrole nitrogens is 1. The number of carbonyl (C=O) groups excluding carboxylic acids is 1. The van der Waals surface area contributed by atoms with Crippen LogP contribution in [-0.4, -0.2) is 46.2 Å². The third kappa shape index (κ3) is 4.92. The summed E-state index contributed by atoms with van der Waals surface area (Å²) in [5.74, 6) is 1.43. The molecule has 0 unspecified atom stereocenters. The van der Waals surface area contributed by atoms with Crippen molar-refractivity contribution in [1.82, 2.24) is 14.9 Å². The van der Waals surface area contributed by atoms with Crippen LogP contribution < -0.4 is 10.9 Å². The highest BCUT2D eigenvalue weighted by atomic mass is 32.2. The largest absolute Gasteiger partial charge is 0.325 e. The Morgan fingerprint density at radius 1 is 1.16 bits per heavy atom. The smallest absolute Gasteiger partial charge is 0.259 e. The monoisotopic (exact) mass is 468 g/mol. The lowest BCUT2D eigenvalue weighted by atomic mass is 10.1. The number of benzene rings is 1. The molecule has 3 heterocycles. The molecule has 0 bridgehead atoms. The van der Waals surface area contributed by atoms with Gasteiger partial charge < -0.3 is 15.2 Å². The Hall–Kier alpha value is -2.16. The van der Waals surface area contributed by atoms with Crippen molar-refractivity contribution in [1.29, 1.82) is 0 Å². The van der Waals surface area contributed by atoms with E-state index in [1.54, 1.807) is 11.3 Å². The third-order valence-electron chi connectivity index (χ3n) is 6.25. The number of carbonyl (C=O) groups is 1. The van der Waals surface area contributed by atoms with E-state index in [0.717, 1.165) is 48.1 Å². The first-order valence-electron chi connectivity index (χ1n) is 11.4. The number of fused-ring (bicyclic) bond motifs is 3. The molecular formula is C24H28N4O2S2. The Balaban J connectivity index is 1.10. The molecule has 0 saturated carbocycles. The van der Waals surface area contributed by atoms with E-state index >= 15 is 0 Å². The Morgan fingerprint density at radius 3 is 2.78 bits per heavy atom. The number of anilines is 1. The molecule has 8 heteroatoms. The zero-order valence-electron chi connectivity index (χ0n) is 18.1. The van der Waals surface area contributed by atoms with Crippen LogP contribution in [0.25, 0.3) is 10.2 Å². The lowest BCUT2D eigenvalue weighted by Crippen LogP contribution is -2.21. The van der Waals surface area contributed by atoms with Crippen LogP contribution in [0, 0.1) is 0 Å². The van der Waals surface area contributed by atoms with Crippen molar-refractivity contribution in [3.63, 3.8) is 0 Å². The Labute approximate surface area is 195 Å². The van der Waals surface area contributed by atoms with Crippen LogP contribution in [0.1, 0.15) is 41.1 Å². The predicted octanol–water partition coefficient (Wildman–Crippen LogP) is 3.98. The molecule has 2 N–H and O–H groups in total. The van der Waals surface area contributed by atoms with Crippen molar-refractivity contribution in [3.8, 4) is 0 Å². The Kier molecular flexibility index (Phi) is 6.62. The maximum Gasteiger partial charge on any atom is 0.259 e. The summed E-state index contributed by atoms with van der Waals surface area (Å²) in [5.41, 5.74) is 3.27. The number of hydrogen-bond acceptors (Lipinski definition) is 6. The first-order chi connectivity index (χ1) is 15.7. The second-order valence-electron chi connectivity index (χ2n) is 8.59. The van der Waals surface area contributed by atoms with Crippen molar-refractivity contribution in [3.05, 3.63) is 56.4 Å².